The van der Waals surface area contributed by atoms with Crippen molar-refractivity contribution >= 4 is 17.6 Å². The summed E-state index contributed by atoms with van der Waals surface area (Å²) < 4.78 is 20.0. The lowest BCUT2D eigenvalue weighted by Gasteiger charge is -2.39. The molecule has 1 saturated carbocycles. The largest absolute Gasteiger partial charge is 0.454 e. The molecule has 0 unspecified atom stereocenters. The lowest BCUT2D eigenvalue weighted by molar-refractivity contribution is 0.0957. The van der Waals surface area contributed by atoms with Crippen LogP contribution in [0.25, 0.3) is 0 Å². The summed E-state index contributed by atoms with van der Waals surface area (Å²) in [5.74, 6) is 0.762. The number of carbonyl (C=O) groups is 2. The number of carbonyl (C=O) groups excluding carboxylic acids is 2. The third kappa shape index (κ3) is 4.64. The highest BCUT2D eigenvalue weighted by atomic mass is 19.1. The molecule has 2 aromatic rings. The summed E-state index contributed by atoms with van der Waals surface area (Å²) in [6.45, 7) is 1.53. The van der Waals surface area contributed by atoms with Crippen molar-refractivity contribution in [2.45, 2.75) is 19.3 Å². The number of hydrogen-bond donors (Lipinski definition) is 2. The molecule has 0 bridgehead atoms. The van der Waals surface area contributed by atoms with E-state index in [0.717, 1.165) is 19.0 Å². The van der Waals surface area contributed by atoms with E-state index in [1.54, 1.807) is 11.0 Å². The van der Waals surface area contributed by atoms with E-state index in [1.807, 2.05) is 0 Å². The van der Waals surface area contributed by atoms with Crippen molar-refractivity contribution < 1.29 is 18.7 Å². The number of halogens is 1. The van der Waals surface area contributed by atoms with E-state index in [-0.39, 0.29) is 29.1 Å². The third-order valence-electron chi connectivity index (χ3n) is 5.21. The Bertz CT molecular complexity index is 926. The molecule has 4 rings (SSSR count). The highest BCUT2D eigenvalue weighted by molar-refractivity contribution is 5.92. The number of aromatic nitrogens is 1. The first-order valence-electron chi connectivity index (χ1n) is 9.73. The van der Waals surface area contributed by atoms with Gasteiger partial charge in [-0.25, -0.2) is 9.18 Å². The van der Waals surface area contributed by atoms with Crippen LogP contribution in [0.4, 0.5) is 14.9 Å². The van der Waals surface area contributed by atoms with Gasteiger partial charge in [0.25, 0.3) is 5.91 Å². The van der Waals surface area contributed by atoms with E-state index in [2.05, 4.69) is 15.6 Å². The smallest absolute Gasteiger partial charge is 0.321 e. The number of anilines is 1. The molecule has 2 N–H and O–H groups in total. The number of ether oxygens (including phenoxy) is 1. The summed E-state index contributed by atoms with van der Waals surface area (Å²) >= 11 is 0. The molecule has 29 heavy (non-hydrogen) atoms. The molecule has 1 saturated heterocycles. The normalized spacial score (nSPS) is 16.1. The van der Waals surface area contributed by atoms with E-state index in [0.29, 0.717) is 11.6 Å². The van der Waals surface area contributed by atoms with Gasteiger partial charge in [0, 0.05) is 44.2 Å². The molecule has 152 valence electrons. The minimum atomic E-state index is -0.615. The molecule has 1 aliphatic heterocycles. The van der Waals surface area contributed by atoms with E-state index in [4.69, 9.17) is 4.74 Å². The van der Waals surface area contributed by atoms with Crippen LogP contribution in [0.5, 0.6) is 11.5 Å². The molecule has 8 heteroatoms. The van der Waals surface area contributed by atoms with Gasteiger partial charge in [0.1, 0.15) is 11.4 Å². The van der Waals surface area contributed by atoms with Crippen molar-refractivity contribution in [2.75, 3.05) is 25.5 Å². The molecular weight excluding hydrogens is 375 g/mol. The molecule has 7 nitrogen and oxygen atoms in total. The van der Waals surface area contributed by atoms with Gasteiger partial charge in [-0.3, -0.25) is 9.78 Å². The monoisotopic (exact) mass is 398 g/mol. The summed E-state index contributed by atoms with van der Waals surface area (Å²) in [6, 6.07) is 6.99. The molecule has 2 aliphatic rings. The lowest BCUT2D eigenvalue weighted by Crippen LogP contribution is -2.51. The number of nitrogens with zero attached hydrogens (tertiary/aromatic N) is 2. The van der Waals surface area contributed by atoms with Gasteiger partial charge in [0.15, 0.2) is 11.6 Å². The first kappa shape index (κ1) is 19.2. The minimum Gasteiger partial charge on any atom is -0.454 e. The van der Waals surface area contributed by atoms with Crippen LogP contribution in [0.1, 0.15) is 29.8 Å². The van der Waals surface area contributed by atoms with Crippen molar-refractivity contribution in [2.24, 2.45) is 11.8 Å². The number of likely N-dealkylation sites (tertiary alicyclic amines) is 1. The molecule has 2 fully saturated rings. The standard InChI is InChI=1S/C21H23FN4O3/c1-23-20(27)18-10-16(6-7-24-18)29-19-5-4-15(9-17(19)22)25-21(28)26-11-14(12-26)8-13-2-3-13/h4-7,9-10,13-14H,2-3,8,11-12H2,1H3,(H,23,27)(H,25,28). The number of pyridine rings is 1. The van der Waals surface area contributed by atoms with Gasteiger partial charge >= 0.3 is 6.03 Å². The first-order valence-corrected chi connectivity index (χ1v) is 9.73. The zero-order chi connectivity index (χ0) is 20.4. The van der Waals surface area contributed by atoms with Gasteiger partial charge in [-0.15, -0.1) is 0 Å². The maximum atomic E-state index is 14.4. The van der Waals surface area contributed by atoms with Gasteiger partial charge in [-0.1, -0.05) is 12.8 Å². The van der Waals surface area contributed by atoms with Gasteiger partial charge in [-0.05, 0) is 36.5 Å². The number of amides is 3. The molecule has 1 aromatic heterocycles. The average Bonchev–Trinajstić information content (AvgIpc) is 3.50. The Morgan fingerprint density at radius 2 is 2.00 bits per heavy atom. The zero-order valence-electron chi connectivity index (χ0n) is 16.2. The summed E-state index contributed by atoms with van der Waals surface area (Å²) in [7, 11) is 1.50. The second-order valence-corrected chi connectivity index (χ2v) is 7.58. The quantitative estimate of drug-likeness (QED) is 0.778. The Balaban J connectivity index is 1.34. The van der Waals surface area contributed by atoms with Crippen LogP contribution in [-0.2, 0) is 0 Å². The first-order chi connectivity index (χ1) is 14.0. The summed E-state index contributed by atoms with van der Waals surface area (Å²) in [4.78, 5) is 29.6. The van der Waals surface area contributed by atoms with E-state index >= 15 is 0 Å². The third-order valence-corrected chi connectivity index (χ3v) is 5.21. The van der Waals surface area contributed by atoms with Gasteiger partial charge < -0.3 is 20.3 Å². The van der Waals surface area contributed by atoms with Crippen LogP contribution < -0.4 is 15.4 Å². The van der Waals surface area contributed by atoms with Crippen LogP contribution in [-0.4, -0.2) is 42.0 Å². The number of benzene rings is 1. The fourth-order valence-electron chi connectivity index (χ4n) is 3.43. The lowest BCUT2D eigenvalue weighted by atomic mass is 9.94. The zero-order valence-corrected chi connectivity index (χ0v) is 16.2. The van der Waals surface area contributed by atoms with Gasteiger partial charge in [-0.2, -0.15) is 0 Å². The Morgan fingerprint density at radius 3 is 2.69 bits per heavy atom. The van der Waals surface area contributed by atoms with Crippen LogP contribution in [0.2, 0.25) is 0 Å². The second kappa shape index (κ2) is 8.06. The fourth-order valence-corrected chi connectivity index (χ4v) is 3.43. The number of hydrogen-bond acceptors (Lipinski definition) is 4. The molecule has 0 radical (unpaired) electrons. The van der Waals surface area contributed by atoms with Crippen molar-refractivity contribution in [3.63, 3.8) is 0 Å². The van der Waals surface area contributed by atoms with E-state index in [1.165, 1.54) is 56.8 Å². The van der Waals surface area contributed by atoms with Crippen LogP contribution >= 0.6 is 0 Å². The molecule has 0 atom stereocenters. The Hall–Kier alpha value is -3.16. The Kier molecular flexibility index (Phi) is 5.33. The summed E-state index contributed by atoms with van der Waals surface area (Å²) in [5, 5.41) is 5.19. The van der Waals surface area contributed by atoms with Crippen LogP contribution in [0.3, 0.4) is 0 Å². The molecule has 1 aliphatic carbocycles. The predicted octanol–water partition coefficient (Wildman–Crippen LogP) is 3.64. The molecule has 2 heterocycles. The summed E-state index contributed by atoms with van der Waals surface area (Å²) in [5.41, 5.74) is 0.537. The number of urea groups is 1. The SMILES string of the molecule is CNC(=O)c1cc(Oc2ccc(NC(=O)N3CC(CC4CC4)C3)cc2F)ccn1. The van der Waals surface area contributed by atoms with Crippen molar-refractivity contribution in [1.29, 1.82) is 0 Å². The van der Waals surface area contributed by atoms with Crippen molar-refractivity contribution in [1.82, 2.24) is 15.2 Å². The average molecular weight is 398 g/mol. The molecule has 1 aromatic carbocycles. The van der Waals surface area contributed by atoms with Crippen molar-refractivity contribution in [3.8, 4) is 11.5 Å². The topological polar surface area (TPSA) is 83.6 Å². The molecule has 0 spiro atoms. The maximum Gasteiger partial charge on any atom is 0.321 e. The number of nitrogens with one attached hydrogen (secondary N) is 2. The van der Waals surface area contributed by atoms with E-state index in [9.17, 15) is 14.0 Å². The van der Waals surface area contributed by atoms with Crippen molar-refractivity contribution in [3.05, 3.63) is 48.0 Å². The highest BCUT2D eigenvalue weighted by Crippen LogP contribution is 2.38. The Labute approximate surface area is 168 Å². The van der Waals surface area contributed by atoms with E-state index < -0.39 is 5.82 Å². The van der Waals surface area contributed by atoms with Gasteiger partial charge in [0.05, 0.1) is 0 Å². The van der Waals surface area contributed by atoms with Gasteiger partial charge in [0.2, 0.25) is 0 Å². The second-order valence-electron chi connectivity index (χ2n) is 7.58. The highest BCUT2D eigenvalue weighted by Gasteiger charge is 2.35. The van der Waals surface area contributed by atoms with Crippen LogP contribution in [0, 0.1) is 17.7 Å². The van der Waals surface area contributed by atoms with Crippen LogP contribution in [0.15, 0.2) is 36.5 Å². The maximum absolute atomic E-state index is 14.4. The Morgan fingerprint density at radius 1 is 1.21 bits per heavy atom. The minimum absolute atomic E-state index is 0.00879. The molecular formula is C21H23FN4O3. The predicted molar refractivity (Wildman–Crippen MR) is 106 cm³/mol. The fraction of sp³-hybridized carbons (Fsp3) is 0.381. The molecule has 3 amide bonds. The summed E-state index contributed by atoms with van der Waals surface area (Å²) in [6.07, 6.45) is 5.27. The number of rotatable bonds is 6.